The Hall–Kier alpha value is -1.88. The van der Waals surface area contributed by atoms with Gasteiger partial charge in [-0.1, -0.05) is 13.0 Å². The number of carbonyl (C=O) groups is 1. The molecule has 1 aliphatic heterocycles. The third-order valence-corrected chi connectivity index (χ3v) is 4.59. The molecule has 0 aromatic carbocycles. The van der Waals surface area contributed by atoms with Crippen LogP contribution in [0.3, 0.4) is 0 Å². The van der Waals surface area contributed by atoms with E-state index >= 15 is 0 Å². The van der Waals surface area contributed by atoms with Crippen LogP contribution in [0.1, 0.15) is 35.9 Å². The number of likely N-dealkylation sites (tertiary alicyclic amines) is 1. The second-order valence-corrected chi connectivity index (χ2v) is 5.94. The Bertz CT molecular complexity index is 657. The number of rotatable bonds is 4. The summed E-state index contributed by atoms with van der Waals surface area (Å²) in [5.74, 6) is 0.361. The molecule has 5 heteroatoms. The molecule has 1 saturated heterocycles. The molecule has 5 nitrogen and oxygen atoms in total. The summed E-state index contributed by atoms with van der Waals surface area (Å²) >= 11 is 0. The molecule has 22 heavy (non-hydrogen) atoms. The van der Waals surface area contributed by atoms with E-state index in [0.29, 0.717) is 11.6 Å². The maximum atomic E-state index is 11.8. The second-order valence-electron chi connectivity index (χ2n) is 5.94. The van der Waals surface area contributed by atoms with E-state index in [2.05, 4.69) is 16.8 Å². The summed E-state index contributed by atoms with van der Waals surface area (Å²) in [5.41, 5.74) is 2.40. The fourth-order valence-corrected chi connectivity index (χ4v) is 3.23. The largest absolute Gasteiger partial charge is 0.464 e. The lowest BCUT2D eigenvalue weighted by atomic mass is 9.92. The normalized spacial score (nSPS) is 17.0. The van der Waals surface area contributed by atoms with Gasteiger partial charge in [-0.05, 0) is 56.9 Å². The van der Waals surface area contributed by atoms with E-state index < -0.39 is 0 Å². The van der Waals surface area contributed by atoms with Crippen molar-refractivity contribution >= 4 is 11.6 Å². The van der Waals surface area contributed by atoms with Gasteiger partial charge in [-0.3, -0.25) is 4.40 Å². The molecule has 0 saturated carbocycles. The molecule has 1 aliphatic rings. The fraction of sp³-hybridized carbons (Fsp3) is 0.529. The number of esters is 1. The number of aromatic nitrogens is 2. The SMILES string of the molecule is CCN1CCC(Cc2cn3c(C(=O)OC)cccc3n2)CC1. The van der Waals surface area contributed by atoms with Crippen LogP contribution >= 0.6 is 0 Å². The molecule has 0 atom stereocenters. The molecule has 0 unspecified atom stereocenters. The lowest BCUT2D eigenvalue weighted by Crippen LogP contribution is -2.34. The Morgan fingerprint density at radius 3 is 2.82 bits per heavy atom. The van der Waals surface area contributed by atoms with E-state index in [0.717, 1.165) is 24.3 Å². The van der Waals surface area contributed by atoms with Gasteiger partial charge in [0.2, 0.25) is 0 Å². The topological polar surface area (TPSA) is 46.8 Å². The first kappa shape index (κ1) is 15.0. The number of hydrogen-bond donors (Lipinski definition) is 0. The third kappa shape index (κ3) is 2.99. The lowest BCUT2D eigenvalue weighted by Gasteiger charge is -2.30. The highest BCUT2D eigenvalue weighted by atomic mass is 16.5. The van der Waals surface area contributed by atoms with Crippen molar-refractivity contribution in [1.82, 2.24) is 14.3 Å². The minimum atomic E-state index is -0.328. The molecular formula is C17H23N3O2. The van der Waals surface area contributed by atoms with Gasteiger partial charge in [0.25, 0.3) is 0 Å². The molecule has 2 aromatic heterocycles. The molecule has 118 valence electrons. The Morgan fingerprint density at radius 2 is 2.14 bits per heavy atom. The van der Waals surface area contributed by atoms with Gasteiger partial charge in [0.1, 0.15) is 11.3 Å². The second kappa shape index (κ2) is 6.48. The predicted molar refractivity (Wildman–Crippen MR) is 85.1 cm³/mol. The number of ether oxygens (including phenoxy) is 1. The lowest BCUT2D eigenvalue weighted by molar-refractivity contribution is 0.0592. The van der Waals surface area contributed by atoms with Crippen LogP contribution < -0.4 is 0 Å². The van der Waals surface area contributed by atoms with E-state index in [-0.39, 0.29) is 5.97 Å². The number of hydrogen-bond acceptors (Lipinski definition) is 4. The smallest absolute Gasteiger partial charge is 0.355 e. The summed E-state index contributed by atoms with van der Waals surface area (Å²) in [5, 5.41) is 0. The van der Waals surface area contributed by atoms with Crippen LogP contribution in [-0.2, 0) is 11.2 Å². The molecular weight excluding hydrogens is 278 g/mol. The Labute approximate surface area is 130 Å². The summed E-state index contributed by atoms with van der Waals surface area (Å²) in [4.78, 5) is 19.0. The zero-order valence-corrected chi connectivity index (χ0v) is 13.3. The van der Waals surface area contributed by atoms with Crippen LogP contribution in [0.25, 0.3) is 5.65 Å². The van der Waals surface area contributed by atoms with Crippen molar-refractivity contribution in [3.05, 3.63) is 35.8 Å². The van der Waals surface area contributed by atoms with Crippen LogP contribution in [0, 0.1) is 5.92 Å². The standard InChI is InChI=1S/C17H23N3O2/c1-3-19-9-7-13(8-10-19)11-14-12-20-15(17(21)22-2)5-4-6-16(20)18-14/h4-6,12-13H,3,7-11H2,1-2H3. The summed E-state index contributed by atoms with van der Waals surface area (Å²) in [6.07, 6.45) is 5.42. The van der Waals surface area contributed by atoms with E-state index in [1.807, 2.05) is 22.7 Å². The predicted octanol–water partition coefficient (Wildman–Crippen LogP) is 2.40. The van der Waals surface area contributed by atoms with E-state index in [1.165, 1.54) is 33.0 Å². The molecule has 1 fully saturated rings. The Kier molecular flexibility index (Phi) is 4.43. The quantitative estimate of drug-likeness (QED) is 0.814. The number of pyridine rings is 1. The number of imidazole rings is 1. The van der Waals surface area contributed by atoms with Crippen molar-refractivity contribution < 1.29 is 9.53 Å². The van der Waals surface area contributed by atoms with Crippen LogP contribution in [0.4, 0.5) is 0 Å². The van der Waals surface area contributed by atoms with Gasteiger partial charge in [0, 0.05) is 6.20 Å². The number of carbonyl (C=O) groups excluding carboxylic acids is 1. The molecule has 0 amide bonds. The van der Waals surface area contributed by atoms with Gasteiger partial charge < -0.3 is 9.64 Å². The molecule has 0 radical (unpaired) electrons. The van der Waals surface area contributed by atoms with Crippen LogP contribution in [-0.4, -0.2) is 47.0 Å². The first-order valence-electron chi connectivity index (χ1n) is 7.99. The summed E-state index contributed by atoms with van der Waals surface area (Å²) in [7, 11) is 1.40. The van der Waals surface area contributed by atoms with Crippen LogP contribution in [0.5, 0.6) is 0 Å². The van der Waals surface area contributed by atoms with Crippen molar-refractivity contribution in [1.29, 1.82) is 0 Å². The number of fused-ring (bicyclic) bond motifs is 1. The molecule has 3 rings (SSSR count). The van der Waals surface area contributed by atoms with Gasteiger partial charge in [-0.15, -0.1) is 0 Å². The van der Waals surface area contributed by atoms with Gasteiger partial charge in [-0.2, -0.15) is 0 Å². The van der Waals surface area contributed by atoms with E-state index in [9.17, 15) is 4.79 Å². The monoisotopic (exact) mass is 301 g/mol. The Balaban J connectivity index is 1.77. The molecule has 0 aliphatic carbocycles. The zero-order valence-electron chi connectivity index (χ0n) is 13.3. The highest BCUT2D eigenvalue weighted by molar-refractivity contribution is 5.88. The maximum absolute atomic E-state index is 11.8. The molecule has 0 spiro atoms. The summed E-state index contributed by atoms with van der Waals surface area (Å²) in [6.45, 7) is 5.73. The first-order valence-corrected chi connectivity index (χ1v) is 7.99. The van der Waals surface area contributed by atoms with Gasteiger partial charge >= 0.3 is 5.97 Å². The van der Waals surface area contributed by atoms with Gasteiger partial charge in [0.05, 0.1) is 12.8 Å². The minimum absolute atomic E-state index is 0.328. The maximum Gasteiger partial charge on any atom is 0.355 e. The van der Waals surface area contributed by atoms with Crippen molar-refractivity contribution in [3.8, 4) is 0 Å². The number of nitrogens with zero attached hydrogens (tertiary/aromatic N) is 3. The van der Waals surface area contributed by atoms with Crippen molar-refractivity contribution in [2.45, 2.75) is 26.2 Å². The highest BCUT2D eigenvalue weighted by Crippen LogP contribution is 2.22. The van der Waals surface area contributed by atoms with Crippen LogP contribution in [0.15, 0.2) is 24.4 Å². The number of piperidine rings is 1. The van der Waals surface area contributed by atoms with E-state index in [1.54, 1.807) is 6.07 Å². The van der Waals surface area contributed by atoms with Gasteiger partial charge in [-0.25, -0.2) is 9.78 Å². The van der Waals surface area contributed by atoms with E-state index in [4.69, 9.17) is 4.74 Å². The van der Waals surface area contributed by atoms with Crippen molar-refractivity contribution in [3.63, 3.8) is 0 Å². The minimum Gasteiger partial charge on any atom is -0.464 e. The third-order valence-electron chi connectivity index (χ3n) is 4.59. The van der Waals surface area contributed by atoms with Crippen LogP contribution in [0.2, 0.25) is 0 Å². The van der Waals surface area contributed by atoms with Gasteiger partial charge in [0.15, 0.2) is 0 Å². The summed E-state index contributed by atoms with van der Waals surface area (Å²) in [6, 6.07) is 5.54. The van der Waals surface area contributed by atoms with Crippen molar-refractivity contribution in [2.75, 3.05) is 26.7 Å². The summed E-state index contributed by atoms with van der Waals surface area (Å²) < 4.78 is 6.67. The molecule has 3 heterocycles. The average Bonchev–Trinajstić information content (AvgIpc) is 2.97. The van der Waals surface area contributed by atoms with Crippen molar-refractivity contribution in [2.24, 2.45) is 5.92 Å². The Morgan fingerprint density at radius 1 is 1.36 bits per heavy atom. The molecule has 0 N–H and O–H groups in total. The highest BCUT2D eigenvalue weighted by Gasteiger charge is 2.20. The number of methoxy groups -OCH3 is 1. The molecule has 0 bridgehead atoms. The fourth-order valence-electron chi connectivity index (χ4n) is 3.23. The zero-order chi connectivity index (χ0) is 15.5. The molecule has 2 aromatic rings. The average molecular weight is 301 g/mol. The first-order chi connectivity index (χ1) is 10.7.